The Hall–Kier alpha value is -6.02. The Morgan fingerprint density at radius 3 is 0.386 bits per heavy atom. The molecule has 6 nitrogen and oxygen atoms in total. The van der Waals surface area contributed by atoms with Crippen molar-refractivity contribution in [3.8, 4) is 0 Å². The summed E-state index contributed by atoms with van der Waals surface area (Å²) in [4.78, 5) is 23.3. The summed E-state index contributed by atoms with van der Waals surface area (Å²) in [7, 11) is 0. The number of rotatable bonds is 38. The number of ether oxygens (including phenoxy) is 2. The number of alkyl halides is 66. The van der Waals surface area contributed by atoms with Gasteiger partial charge in [0, 0.05) is 25.0 Å². The van der Waals surface area contributed by atoms with Crippen LogP contribution in [0, 0.1) is 0 Å². The van der Waals surface area contributed by atoms with E-state index in [4.69, 9.17) is 0 Å². The SMILES string of the molecule is O=C(/C=C\C(=O)OCC(O)CC(F)(F)C(F)(F)C(F)(F)C(F)(F)C(F)(F)C(F)(F)C(F)(F)C(F)(F)C(F)(F)C(F)(F)C(F)(F)C(F)(F)C(F)(F)C(F)(F)C(F)(F)C(F)(F)F)OCC(O)CC(F)(F)C(F)(F)C(F)(F)C(F)(F)C(F)(F)C(F)(F)C(F)(F)C(F)(F)C(F)(F)C(F)(F)C(F)(F)C(F)(F)C(F)(F)C(F)(F)C(F)(F)C(F)(F)F. The van der Waals surface area contributed by atoms with E-state index in [1.165, 1.54) is 0 Å². The molecule has 680 valence electrons. The first-order chi connectivity index (χ1) is 48.3. The molecule has 0 saturated heterocycles. The van der Waals surface area contributed by atoms with Gasteiger partial charge in [-0.3, -0.25) is 0 Å². The van der Waals surface area contributed by atoms with Gasteiger partial charge in [-0.1, -0.05) is 0 Å². The number of carbonyl (C=O) groups is 2. The summed E-state index contributed by atoms with van der Waals surface area (Å²) in [5.41, 5.74) is 0. The lowest BCUT2D eigenvalue weighted by Gasteiger charge is -2.47. The maximum Gasteiger partial charge on any atom is 0.460 e. The van der Waals surface area contributed by atoms with Crippen molar-refractivity contribution in [2.24, 2.45) is 0 Å². The largest absolute Gasteiger partial charge is 0.460 e. The fourth-order valence-electron chi connectivity index (χ4n) is 7.10. The molecule has 0 saturated carbocycles. The van der Waals surface area contributed by atoms with Crippen molar-refractivity contribution >= 4 is 11.9 Å². The first kappa shape index (κ1) is 108. The molecule has 0 fully saturated rings. The van der Waals surface area contributed by atoms with Crippen LogP contribution < -0.4 is 0 Å². The molecule has 114 heavy (non-hydrogen) atoms. The molecule has 2 unspecified atom stereocenters. The maximum atomic E-state index is 14.4. The molecule has 0 aliphatic carbocycles. The van der Waals surface area contributed by atoms with Gasteiger partial charge in [-0.05, 0) is 0 Å². The summed E-state index contributed by atoms with van der Waals surface area (Å²) in [6.07, 6.45) is -36.2. The van der Waals surface area contributed by atoms with Gasteiger partial charge in [0.2, 0.25) is 0 Å². The molecule has 2 atom stereocenters. The number of aliphatic hydroxyl groups is 2. The van der Waals surface area contributed by atoms with E-state index >= 15 is 0 Å². The van der Waals surface area contributed by atoms with Crippen molar-refractivity contribution in [2.75, 3.05) is 13.2 Å². The summed E-state index contributed by atoms with van der Waals surface area (Å²) in [6.45, 7) is -5.85. The van der Waals surface area contributed by atoms with Crippen LogP contribution in [0.5, 0.6) is 0 Å². The minimum Gasteiger partial charge on any atom is -0.460 e. The van der Waals surface area contributed by atoms with E-state index in [9.17, 15) is 310 Å². The summed E-state index contributed by atoms with van der Waals surface area (Å²) >= 11 is 0. The molecule has 0 aliphatic rings. The molecule has 0 rings (SSSR count). The van der Waals surface area contributed by atoms with Crippen LogP contribution in [0.25, 0.3) is 0 Å². The first-order valence-electron chi connectivity index (χ1n) is 25.1. The molecule has 0 aliphatic heterocycles. The second-order valence-corrected chi connectivity index (χ2v) is 21.8. The third-order valence-corrected chi connectivity index (χ3v) is 14.1. The normalized spacial score (nSPS) is 17.4. The summed E-state index contributed by atoms with van der Waals surface area (Å²) in [5, 5.41) is 18.6. The highest BCUT2D eigenvalue weighted by atomic mass is 19.5. The molecule has 72 heteroatoms. The standard InChI is InChI=1S/C42H14F66O6/c43-11(44,13(47,48)15(51,52)17(55,56)19(59,60)21(63,64)23(67,68)25(71,72)27(75,76)29(79,80)31(83,84)33(87,88)35(91,92)37(95,96)39(99,100)41(103,104)105)3-7(109)5-113-9(111)1-2-10(112)114-6-8(110)4-12(45,46)14(49,50)16(53,54)18(57,58)20(61,62)22(65,66)24(69,70)26(73,74)28(77,78)30(81,82)32(85,86)34(89,90)36(93,94)38(97,98)40(101,102)42(106,107)108/h1-2,7-8,109-110H,3-6H2/b2-1-. The topological polar surface area (TPSA) is 93.1 Å². The number of hydrogen-bond donors (Lipinski definition) is 2. The number of hydrogen-bond acceptors (Lipinski definition) is 6. The smallest absolute Gasteiger partial charge is 0.460 e. The molecular formula is C42H14F66O6. The highest BCUT2D eigenvalue weighted by Gasteiger charge is 3.05. The Bertz CT molecular complexity index is 3210. The fraction of sp³-hybridized carbons (Fsp3) is 0.905. The molecule has 0 radical (unpaired) electrons. The van der Waals surface area contributed by atoms with E-state index in [1.807, 2.05) is 0 Å². The predicted octanol–water partition coefficient (Wildman–Crippen LogP) is 20.3. The average molecular weight is 1870 g/mol. The van der Waals surface area contributed by atoms with Gasteiger partial charge < -0.3 is 19.7 Å². The van der Waals surface area contributed by atoms with Gasteiger partial charge in [0.15, 0.2) is 0 Å². The number of aliphatic hydroxyl groups excluding tert-OH is 2. The fourth-order valence-corrected chi connectivity index (χ4v) is 7.10. The van der Waals surface area contributed by atoms with Crippen molar-refractivity contribution in [3.63, 3.8) is 0 Å². The Kier molecular flexibility index (Phi) is 26.8. The molecular weight excluding hydrogens is 1850 g/mol. The van der Waals surface area contributed by atoms with Crippen LogP contribution in [0.2, 0.25) is 0 Å². The quantitative estimate of drug-likeness (QED) is 0.0363. The van der Waals surface area contributed by atoms with E-state index in [0.717, 1.165) is 0 Å². The molecule has 0 amide bonds. The van der Waals surface area contributed by atoms with Crippen molar-refractivity contribution in [3.05, 3.63) is 12.2 Å². The van der Waals surface area contributed by atoms with Crippen molar-refractivity contribution < 1.29 is 319 Å². The third kappa shape index (κ3) is 14.0. The van der Waals surface area contributed by atoms with Gasteiger partial charge in [0.05, 0.1) is 12.2 Å². The lowest BCUT2D eigenvalue weighted by Crippen LogP contribution is -2.80. The van der Waals surface area contributed by atoms with Crippen molar-refractivity contribution in [2.45, 2.75) is 215 Å². The number of halogens is 66. The van der Waals surface area contributed by atoms with Crippen LogP contribution in [0.3, 0.4) is 0 Å². The van der Waals surface area contributed by atoms with E-state index in [-0.39, 0.29) is 0 Å². The Morgan fingerprint density at radius 2 is 0.281 bits per heavy atom. The van der Waals surface area contributed by atoms with E-state index < -0.39 is 252 Å². The lowest BCUT2D eigenvalue weighted by atomic mass is 9.82. The van der Waals surface area contributed by atoms with E-state index in [1.54, 1.807) is 0 Å². The zero-order chi connectivity index (χ0) is 94.0. The zero-order valence-corrected chi connectivity index (χ0v) is 49.6. The van der Waals surface area contributed by atoms with Crippen LogP contribution in [0.15, 0.2) is 12.2 Å². The first-order valence-corrected chi connectivity index (χ1v) is 25.1. The molecule has 0 aromatic rings. The Labute approximate surface area is 572 Å². The van der Waals surface area contributed by atoms with Gasteiger partial charge in [-0.15, -0.1) is 0 Å². The monoisotopic (exact) mass is 1870 g/mol. The van der Waals surface area contributed by atoms with Gasteiger partial charge in [-0.25, -0.2) is 9.59 Å². The van der Waals surface area contributed by atoms with Crippen LogP contribution in [-0.4, -0.2) is 238 Å². The second-order valence-electron chi connectivity index (χ2n) is 21.8. The van der Waals surface area contributed by atoms with Crippen molar-refractivity contribution in [1.82, 2.24) is 0 Å². The Morgan fingerprint density at radius 1 is 0.184 bits per heavy atom. The highest BCUT2D eigenvalue weighted by molar-refractivity contribution is 5.91. The molecule has 0 heterocycles. The van der Waals surface area contributed by atoms with Crippen LogP contribution in [0.4, 0.5) is 290 Å². The number of esters is 2. The summed E-state index contributed by atoms with van der Waals surface area (Å²) in [6, 6.07) is 0. The van der Waals surface area contributed by atoms with Gasteiger partial charge in [0.25, 0.3) is 0 Å². The molecule has 0 bridgehead atoms. The average Bonchev–Trinajstić information content (AvgIpc) is 0.679. The van der Waals surface area contributed by atoms with Crippen molar-refractivity contribution in [1.29, 1.82) is 0 Å². The number of carbonyl (C=O) groups excluding carboxylic acids is 2. The van der Waals surface area contributed by atoms with Crippen LogP contribution in [-0.2, 0) is 19.1 Å². The highest BCUT2D eigenvalue weighted by Crippen LogP contribution is 2.74. The minimum absolute atomic E-state index is 0.960. The van der Waals surface area contributed by atoms with E-state index in [2.05, 4.69) is 9.47 Å². The van der Waals surface area contributed by atoms with E-state index in [0.29, 0.717) is 0 Å². The minimum atomic E-state index is -10.6. The van der Waals surface area contributed by atoms with Gasteiger partial charge in [-0.2, -0.15) is 290 Å². The Balaban J connectivity index is 6.96. The molecule has 0 aromatic carbocycles. The van der Waals surface area contributed by atoms with Gasteiger partial charge in [0.1, 0.15) is 13.2 Å². The van der Waals surface area contributed by atoms with Crippen LogP contribution >= 0.6 is 0 Å². The predicted molar refractivity (Wildman–Crippen MR) is 213 cm³/mol. The maximum absolute atomic E-state index is 14.4. The summed E-state index contributed by atoms with van der Waals surface area (Å²) in [5.74, 6) is -304. The summed E-state index contributed by atoms with van der Waals surface area (Å²) < 4.78 is 921. The molecule has 0 spiro atoms. The third-order valence-electron chi connectivity index (χ3n) is 14.1. The zero-order valence-electron chi connectivity index (χ0n) is 49.6. The second kappa shape index (κ2) is 28.3. The molecule has 0 aromatic heterocycles. The lowest BCUT2D eigenvalue weighted by molar-refractivity contribution is -0.491. The van der Waals surface area contributed by atoms with Crippen LogP contribution in [0.1, 0.15) is 12.8 Å². The van der Waals surface area contributed by atoms with Gasteiger partial charge >= 0.3 is 202 Å². The molecule has 2 N–H and O–H groups in total.